The molecule has 3 aliphatic rings. The minimum Gasteiger partial charge on any atom is -0.446 e. The maximum Gasteiger partial charge on any atom is 0.407 e. The molecular formula is C36H48N6O3. The number of aryl methyl sites for hydroxylation is 1. The fraction of sp³-hybridized carbons (Fsp3) is 0.528. The predicted octanol–water partition coefficient (Wildman–Crippen LogP) is 4.86. The van der Waals surface area contributed by atoms with Gasteiger partial charge in [0.2, 0.25) is 0 Å². The van der Waals surface area contributed by atoms with Gasteiger partial charge in [-0.3, -0.25) is 4.79 Å². The molecule has 1 unspecified atom stereocenters. The van der Waals surface area contributed by atoms with Gasteiger partial charge in [0.25, 0.3) is 5.91 Å². The molecule has 2 amide bonds. The molecule has 1 aromatic heterocycles. The van der Waals surface area contributed by atoms with Crippen molar-refractivity contribution in [3.63, 3.8) is 0 Å². The molecule has 0 spiro atoms. The average molecular weight is 613 g/mol. The first kappa shape index (κ1) is 31.1. The fourth-order valence-corrected chi connectivity index (χ4v) is 8.40. The van der Waals surface area contributed by atoms with E-state index in [2.05, 4.69) is 85.6 Å². The number of alkyl carbamates (subject to hydrolysis) is 1. The molecule has 3 fully saturated rings. The smallest absolute Gasteiger partial charge is 0.407 e. The molecular weight excluding hydrogens is 564 g/mol. The number of amides is 2. The molecule has 3 atom stereocenters. The molecule has 9 nitrogen and oxygen atoms in total. The van der Waals surface area contributed by atoms with E-state index in [1.54, 1.807) is 14.1 Å². The molecule has 1 aliphatic carbocycles. The Morgan fingerprint density at radius 3 is 2.33 bits per heavy atom. The third-order valence-corrected chi connectivity index (χ3v) is 10.8. The highest BCUT2D eigenvalue weighted by molar-refractivity contribution is 5.94. The van der Waals surface area contributed by atoms with Crippen molar-refractivity contribution in [2.45, 2.75) is 57.1 Å². The zero-order chi connectivity index (χ0) is 31.4. The molecule has 0 radical (unpaired) electrons. The van der Waals surface area contributed by atoms with Crippen LogP contribution in [0.4, 0.5) is 10.5 Å². The molecule has 3 aromatic rings. The van der Waals surface area contributed by atoms with Gasteiger partial charge in [-0.05, 0) is 87.9 Å². The SMILES string of the molecule is CNC(=O)O[C@H]1CCC[C@@H]1C(Cn1ccnc1C)(c1ccccc1)C1CCN(CC2CN(c3ccc(C(=O)NC)cc3)C2)CC1. The maximum absolute atomic E-state index is 12.5. The van der Waals surface area contributed by atoms with E-state index in [9.17, 15) is 9.59 Å². The normalized spacial score (nSPS) is 22.4. The molecule has 45 heavy (non-hydrogen) atoms. The van der Waals surface area contributed by atoms with Crippen LogP contribution in [0.2, 0.25) is 0 Å². The van der Waals surface area contributed by atoms with Gasteiger partial charge in [-0.2, -0.15) is 0 Å². The number of hydrogen-bond donors (Lipinski definition) is 2. The predicted molar refractivity (Wildman–Crippen MR) is 176 cm³/mol. The van der Waals surface area contributed by atoms with E-state index in [-0.39, 0.29) is 29.4 Å². The zero-order valence-electron chi connectivity index (χ0n) is 27.0. The number of rotatable bonds is 10. The molecule has 9 heteroatoms. The number of imidazole rings is 1. The van der Waals surface area contributed by atoms with Gasteiger partial charge < -0.3 is 29.7 Å². The van der Waals surface area contributed by atoms with Crippen molar-refractivity contribution in [2.75, 3.05) is 51.7 Å². The Balaban J connectivity index is 1.17. The van der Waals surface area contributed by atoms with Gasteiger partial charge in [0, 0.05) is 81.2 Å². The van der Waals surface area contributed by atoms with E-state index < -0.39 is 0 Å². The van der Waals surface area contributed by atoms with Crippen molar-refractivity contribution in [3.05, 3.63) is 83.9 Å². The van der Waals surface area contributed by atoms with Crippen LogP contribution in [-0.4, -0.2) is 79.4 Å². The standard InChI is InChI=1S/C36H48N6O3/c1-26-39-18-21-41(26)25-36(29-8-5-4-6-9-29,32-10-7-11-33(32)45-35(44)38-3)30-16-19-40(20-17-30)22-27-23-42(24-27)31-14-12-28(13-15-31)34(43)37-2/h4-6,8-9,12-15,18,21,27,30,32-33H,7,10-11,16-17,19-20,22-25H2,1-3H3,(H,37,43)(H,38,44)/t32-,33-,36?/m0/s1. The molecule has 1 saturated carbocycles. The summed E-state index contributed by atoms with van der Waals surface area (Å²) in [7, 11) is 3.31. The van der Waals surface area contributed by atoms with Crippen LogP contribution in [0.3, 0.4) is 0 Å². The van der Waals surface area contributed by atoms with Crippen LogP contribution in [-0.2, 0) is 16.7 Å². The van der Waals surface area contributed by atoms with Crippen molar-refractivity contribution < 1.29 is 14.3 Å². The van der Waals surface area contributed by atoms with Crippen molar-refractivity contribution in [1.29, 1.82) is 0 Å². The molecule has 0 bridgehead atoms. The maximum atomic E-state index is 12.5. The van der Waals surface area contributed by atoms with E-state index in [1.807, 2.05) is 18.3 Å². The van der Waals surface area contributed by atoms with E-state index in [0.29, 0.717) is 17.4 Å². The number of hydrogen-bond acceptors (Lipinski definition) is 6. The minimum absolute atomic E-state index is 0.0506. The Bertz CT molecular complexity index is 1430. The first-order chi connectivity index (χ1) is 21.9. The largest absolute Gasteiger partial charge is 0.446 e. The van der Waals surface area contributed by atoms with Crippen molar-refractivity contribution >= 4 is 17.7 Å². The zero-order valence-corrected chi connectivity index (χ0v) is 27.0. The van der Waals surface area contributed by atoms with E-state index in [4.69, 9.17) is 4.74 Å². The van der Waals surface area contributed by atoms with Crippen molar-refractivity contribution in [2.24, 2.45) is 17.8 Å². The molecule has 2 aromatic carbocycles. The summed E-state index contributed by atoms with van der Waals surface area (Å²) in [6.45, 7) is 8.29. The Morgan fingerprint density at radius 1 is 0.956 bits per heavy atom. The second-order valence-corrected chi connectivity index (χ2v) is 13.2. The van der Waals surface area contributed by atoms with Gasteiger partial charge in [0.05, 0.1) is 0 Å². The molecule has 240 valence electrons. The van der Waals surface area contributed by atoms with Crippen LogP contribution < -0.4 is 15.5 Å². The summed E-state index contributed by atoms with van der Waals surface area (Å²) in [5.74, 6) is 2.30. The van der Waals surface area contributed by atoms with Gasteiger partial charge in [0.15, 0.2) is 0 Å². The van der Waals surface area contributed by atoms with Gasteiger partial charge in [-0.25, -0.2) is 9.78 Å². The molecule has 2 aliphatic heterocycles. The molecule has 2 saturated heterocycles. The Morgan fingerprint density at radius 2 is 1.69 bits per heavy atom. The van der Waals surface area contributed by atoms with Crippen LogP contribution in [0.15, 0.2) is 67.0 Å². The van der Waals surface area contributed by atoms with E-state index >= 15 is 0 Å². The van der Waals surface area contributed by atoms with E-state index in [0.717, 1.165) is 77.2 Å². The van der Waals surface area contributed by atoms with Crippen LogP contribution in [0.25, 0.3) is 0 Å². The lowest BCUT2D eigenvalue weighted by molar-refractivity contribution is 0.00180. The summed E-state index contributed by atoms with van der Waals surface area (Å²) >= 11 is 0. The van der Waals surface area contributed by atoms with Crippen LogP contribution in [0, 0.1) is 24.7 Å². The monoisotopic (exact) mass is 612 g/mol. The Hall–Kier alpha value is -3.85. The van der Waals surface area contributed by atoms with Crippen LogP contribution in [0.1, 0.15) is 53.8 Å². The lowest BCUT2D eigenvalue weighted by Crippen LogP contribution is -2.55. The highest BCUT2D eigenvalue weighted by Crippen LogP contribution is 2.52. The number of benzene rings is 2. The summed E-state index contributed by atoms with van der Waals surface area (Å²) in [4.78, 5) is 34.1. The number of carbonyl (C=O) groups excluding carboxylic acids is 2. The third-order valence-electron chi connectivity index (χ3n) is 10.8. The van der Waals surface area contributed by atoms with Gasteiger partial charge in [-0.1, -0.05) is 30.3 Å². The van der Waals surface area contributed by atoms with Crippen molar-refractivity contribution in [1.82, 2.24) is 25.1 Å². The van der Waals surface area contributed by atoms with Gasteiger partial charge in [-0.15, -0.1) is 0 Å². The summed E-state index contributed by atoms with van der Waals surface area (Å²) in [6.07, 6.45) is 8.81. The summed E-state index contributed by atoms with van der Waals surface area (Å²) in [5, 5.41) is 5.38. The Labute approximate surface area is 267 Å². The van der Waals surface area contributed by atoms with Gasteiger partial charge in [0.1, 0.15) is 11.9 Å². The molecule has 6 rings (SSSR count). The number of carbonyl (C=O) groups is 2. The number of likely N-dealkylation sites (tertiary alicyclic amines) is 1. The first-order valence-corrected chi connectivity index (χ1v) is 16.6. The van der Waals surface area contributed by atoms with E-state index in [1.165, 1.54) is 11.3 Å². The lowest BCUT2D eigenvalue weighted by atomic mass is 9.58. The topological polar surface area (TPSA) is 91.7 Å². The van der Waals surface area contributed by atoms with Crippen LogP contribution >= 0.6 is 0 Å². The lowest BCUT2D eigenvalue weighted by Gasteiger charge is -2.51. The number of anilines is 1. The summed E-state index contributed by atoms with van der Waals surface area (Å²) in [5.41, 5.74) is 3.05. The molecule has 2 N–H and O–H groups in total. The fourth-order valence-electron chi connectivity index (χ4n) is 8.40. The number of piperidine rings is 1. The second-order valence-electron chi connectivity index (χ2n) is 13.2. The summed E-state index contributed by atoms with van der Waals surface area (Å²) in [6, 6.07) is 19.0. The van der Waals surface area contributed by atoms with Crippen molar-refractivity contribution in [3.8, 4) is 0 Å². The third kappa shape index (κ3) is 6.45. The molecule has 3 heterocycles. The quantitative estimate of drug-likeness (QED) is 0.340. The van der Waals surface area contributed by atoms with Crippen LogP contribution in [0.5, 0.6) is 0 Å². The first-order valence-electron chi connectivity index (χ1n) is 16.6. The highest BCUT2D eigenvalue weighted by atomic mass is 16.6. The minimum atomic E-state index is -0.334. The average Bonchev–Trinajstić information content (AvgIpc) is 3.70. The van der Waals surface area contributed by atoms with Gasteiger partial charge >= 0.3 is 6.09 Å². The number of nitrogens with one attached hydrogen (secondary N) is 2. The Kier molecular flexibility index (Phi) is 9.45. The number of nitrogens with zero attached hydrogens (tertiary/aromatic N) is 4. The highest BCUT2D eigenvalue weighted by Gasteiger charge is 2.53. The summed E-state index contributed by atoms with van der Waals surface area (Å²) < 4.78 is 8.42. The number of aromatic nitrogens is 2. The number of ether oxygens (including phenoxy) is 1. The second kappa shape index (κ2) is 13.6.